The number of non-ortho nitro benzene ring substituents is 1. The Bertz CT molecular complexity index is 1130. The molecule has 0 aliphatic rings. The second-order valence-corrected chi connectivity index (χ2v) is 7.62. The van der Waals surface area contributed by atoms with E-state index in [4.69, 9.17) is 16.3 Å². The number of nitrogens with one attached hydrogen (secondary N) is 1. The van der Waals surface area contributed by atoms with Gasteiger partial charge in [-0.25, -0.2) is 9.48 Å². The van der Waals surface area contributed by atoms with Crippen molar-refractivity contribution in [2.24, 2.45) is 5.92 Å². The van der Waals surface area contributed by atoms with Crippen molar-refractivity contribution < 1.29 is 19.2 Å². The molecule has 1 atom stereocenters. The Morgan fingerprint density at radius 3 is 2.56 bits per heavy atom. The summed E-state index contributed by atoms with van der Waals surface area (Å²) in [5.74, 6) is -1.58. The fraction of sp³-hybridized carbons (Fsp3) is 0.238. The van der Waals surface area contributed by atoms with Crippen molar-refractivity contribution in [2.45, 2.75) is 26.5 Å². The van der Waals surface area contributed by atoms with Crippen LogP contribution in [0.15, 0.2) is 54.7 Å². The molecular weight excluding hydrogens is 438 g/mol. The topological polar surface area (TPSA) is 129 Å². The van der Waals surface area contributed by atoms with Gasteiger partial charge in [-0.1, -0.05) is 48.9 Å². The summed E-state index contributed by atoms with van der Waals surface area (Å²) in [5, 5.41) is 21.3. The van der Waals surface area contributed by atoms with E-state index in [0.717, 1.165) is 11.8 Å². The molecule has 2 aromatic carbocycles. The molecule has 0 aliphatic heterocycles. The van der Waals surface area contributed by atoms with E-state index in [1.807, 2.05) is 30.3 Å². The number of para-hydroxylation sites is 1. The van der Waals surface area contributed by atoms with Crippen molar-refractivity contribution in [1.82, 2.24) is 20.3 Å². The molecular formula is C21H20ClN5O5. The number of esters is 1. The van der Waals surface area contributed by atoms with Gasteiger partial charge in [-0.2, -0.15) is 0 Å². The fourth-order valence-electron chi connectivity index (χ4n) is 2.82. The highest BCUT2D eigenvalue weighted by atomic mass is 35.5. The molecule has 0 bridgehead atoms. The maximum Gasteiger partial charge on any atom is 0.329 e. The second kappa shape index (κ2) is 10.0. The Balaban J connectivity index is 1.64. The molecule has 32 heavy (non-hydrogen) atoms. The van der Waals surface area contributed by atoms with Crippen molar-refractivity contribution in [3.05, 3.63) is 81.1 Å². The molecule has 1 aromatic heterocycles. The third-order valence-corrected chi connectivity index (χ3v) is 4.85. The number of hydrogen-bond donors (Lipinski definition) is 1. The zero-order chi connectivity index (χ0) is 23.3. The zero-order valence-corrected chi connectivity index (χ0v) is 18.0. The Morgan fingerprint density at radius 1 is 1.22 bits per heavy atom. The molecule has 0 spiro atoms. The molecule has 3 rings (SSSR count). The number of halogens is 1. The fourth-order valence-corrected chi connectivity index (χ4v) is 3.09. The molecule has 1 heterocycles. The first kappa shape index (κ1) is 22.9. The Kier molecular flexibility index (Phi) is 7.16. The number of aromatic nitrogens is 3. The summed E-state index contributed by atoms with van der Waals surface area (Å²) in [6, 6.07) is 11.9. The SMILES string of the molecule is CC(C)[C@H](NC(=O)c1ccc([N+](=O)[O-])cc1Cl)C(=O)OCc1cn(-c2ccccc2)nn1. The third-order valence-electron chi connectivity index (χ3n) is 4.54. The summed E-state index contributed by atoms with van der Waals surface area (Å²) in [5.41, 5.74) is 1.02. The number of benzene rings is 2. The highest BCUT2D eigenvalue weighted by Gasteiger charge is 2.27. The minimum absolute atomic E-state index is 0.0153. The molecule has 11 heteroatoms. The van der Waals surface area contributed by atoms with Gasteiger partial charge in [-0.15, -0.1) is 5.10 Å². The number of nitro groups is 1. The first-order valence-electron chi connectivity index (χ1n) is 9.64. The molecule has 166 valence electrons. The van der Waals surface area contributed by atoms with Gasteiger partial charge < -0.3 is 10.1 Å². The van der Waals surface area contributed by atoms with Crippen LogP contribution in [-0.4, -0.2) is 37.8 Å². The van der Waals surface area contributed by atoms with Crippen LogP contribution in [0, 0.1) is 16.0 Å². The maximum atomic E-state index is 12.6. The van der Waals surface area contributed by atoms with Gasteiger partial charge in [0.25, 0.3) is 11.6 Å². The van der Waals surface area contributed by atoms with Gasteiger partial charge in [0, 0.05) is 12.1 Å². The predicted octanol–water partition coefficient (Wildman–Crippen LogP) is 3.33. The van der Waals surface area contributed by atoms with Gasteiger partial charge in [0.1, 0.15) is 18.3 Å². The number of carbonyl (C=O) groups is 2. The molecule has 10 nitrogen and oxygen atoms in total. The van der Waals surface area contributed by atoms with E-state index in [-0.39, 0.29) is 28.8 Å². The van der Waals surface area contributed by atoms with E-state index in [1.54, 1.807) is 24.7 Å². The summed E-state index contributed by atoms with van der Waals surface area (Å²) >= 11 is 6.01. The number of amides is 1. The molecule has 1 N–H and O–H groups in total. The standard InChI is InChI=1S/C21H20ClN5O5/c1-13(2)19(23-20(28)17-9-8-16(27(30)31)10-18(17)22)21(29)32-12-14-11-26(25-24-14)15-6-4-3-5-7-15/h3-11,13,19H,12H2,1-2H3,(H,23,28)/t19-/m0/s1. The lowest BCUT2D eigenvalue weighted by molar-refractivity contribution is -0.384. The summed E-state index contributed by atoms with van der Waals surface area (Å²) in [6.07, 6.45) is 1.64. The van der Waals surface area contributed by atoms with Gasteiger partial charge in [0.2, 0.25) is 0 Å². The van der Waals surface area contributed by atoms with Crippen molar-refractivity contribution in [3.8, 4) is 5.69 Å². The largest absolute Gasteiger partial charge is 0.458 e. The normalized spacial score (nSPS) is 11.8. The van der Waals surface area contributed by atoms with Gasteiger partial charge in [-0.3, -0.25) is 14.9 Å². The van der Waals surface area contributed by atoms with Crippen LogP contribution < -0.4 is 5.32 Å². The summed E-state index contributed by atoms with van der Waals surface area (Å²) in [7, 11) is 0. The maximum absolute atomic E-state index is 12.6. The monoisotopic (exact) mass is 457 g/mol. The molecule has 3 aromatic rings. The van der Waals surface area contributed by atoms with Crippen LogP contribution in [0.5, 0.6) is 0 Å². The van der Waals surface area contributed by atoms with Crippen molar-refractivity contribution in [3.63, 3.8) is 0 Å². The first-order valence-corrected chi connectivity index (χ1v) is 10.0. The van der Waals surface area contributed by atoms with Crippen molar-refractivity contribution in [2.75, 3.05) is 0 Å². The van der Waals surface area contributed by atoms with E-state index in [9.17, 15) is 19.7 Å². The Labute approximate surface area is 188 Å². The van der Waals surface area contributed by atoms with Crippen molar-refractivity contribution >= 4 is 29.2 Å². The van der Waals surface area contributed by atoms with E-state index in [0.29, 0.717) is 5.69 Å². The smallest absolute Gasteiger partial charge is 0.329 e. The minimum Gasteiger partial charge on any atom is -0.458 e. The number of hydrogen-bond acceptors (Lipinski definition) is 7. The Morgan fingerprint density at radius 2 is 1.94 bits per heavy atom. The first-order chi connectivity index (χ1) is 15.3. The lowest BCUT2D eigenvalue weighted by atomic mass is 10.0. The highest BCUT2D eigenvalue weighted by molar-refractivity contribution is 6.34. The second-order valence-electron chi connectivity index (χ2n) is 7.21. The van der Waals surface area contributed by atoms with Gasteiger partial charge in [-0.05, 0) is 24.1 Å². The molecule has 1 amide bonds. The number of carbonyl (C=O) groups excluding carboxylic acids is 2. The molecule has 0 saturated carbocycles. The van der Waals surface area contributed by atoms with E-state index < -0.39 is 22.8 Å². The number of nitrogens with zero attached hydrogens (tertiary/aromatic N) is 4. The summed E-state index contributed by atoms with van der Waals surface area (Å²) in [6.45, 7) is 3.37. The lowest BCUT2D eigenvalue weighted by Crippen LogP contribution is -2.45. The van der Waals surface area contributed by atoms with Crippen molar-refractivity contribution in [1.29, 1.82) is 0 Å². The molecule has 0 fully saturated rings. The number of ether oxygens (including phenoxy) is 1. The van der Waals surface area contributed by atoms with Crippen LogP contribution in [0.3, 0.4) is 0 Å². The number of rotatable bonds is 8. The van der Waals surface area contributed by atoms with Gasteiger partial charge >= 0.3 is 5.97 Å². The summed E-state index contributed by atoms with van der Waals surface area (Å²) < 4.78 is 6.88. The van der Waals surface area contributed by atoms with Gasteiger partial charge in [0.05, 0.1) is 27.4 Å². The van der Waals surface area contributed by atoms with E-state index in [1.165, 1.54) is 12.1 Å². The quantitative estimate of drug-likeness (QED) is 0.312. The predicted molar refractivity (Wildman–Crippen MR) is 115 cm³/mol. The molecule has 0 saturated heterocycles. The van der Waals surface area contributed by atoms with E-state index in [2.05, 4.69) is 15.6 Å². The minimum atomic E-state index is -0.960. The molecule has 0 aliphatic carbocycles. The van der Waals surface area contributed by atoms with Crippen LogP contribution in [-0.2, 0) is 16.1 Å². The number of nitro benzene ring substituents is 1. The zero-order valence-electron chi connectivity index (χ0n) is 17.3. The van der Waals surface area contributed by atoms with Crippen LogP contribution in [0.25, 0.3) is 5.69 Å². The van der Waals surface area contributed by atoms with Gasteiger partial charge in [0.15, 0.2) is 0 Å². The van der Waals surface area contributed by atoms with Crippen LogP contribution in [0.4, 0.5) is 5.69 Å². The average molecular weight is 458 g/mol. The van der Waals surface area contributed by atoms with Crippen LogP contribution >= 0.6 is 11.6 Å². The lowest BCUT2D eigenvalue weighted by Gasteiger charge is -2.21. The third kappa shape index (κ3) is 5.46. The van der Waals surface area contributed by atoms with Crippen LogP contribution in [0.2, 0.25) is 5.02 Å². The highest BCUT2D eigenvalue weighted by Crippen LogP contribution is 2.23. The van der Waals surface area contributed by atoms with E-state index >= 15 is 0 Å². The Hall–Kier alpha value is -3.79. The molecule has 0 unspecified atom stereocenters. The average Bonchev–Trinajstić information content (AvgIpc) is 3.25. The summed E-state index contributed by atoms with van der Waals surface area (Å²) in [4.78, 5) is 35.4. The molecule has 0 radical (unpaired) electrons. The van der Waals surface area contributed by atoms with Crippen LogP contribution in [0.1, 0.15) is 29.9 Å².